The van der Waals surface area contributed by atoms with Crippen LogP contribution < -0.4 is 5.32 Å². The number of likely N-dealkylation sites (tertiary alicyclic amines) is 1. The van der Waals surface area contributed by atoms with Crippen molar-refractivity contribution in [3.05, 3.63) is 0 Å². The van der Waals surface area contributed by atoms with Crippen molar-refractivity contribution in [1.82, 2.24) is 15.1 Å². The fourth-order valence-electron chi connectivity index (χ4n) is 2.95. The summed E-state index contributed by atoms with van der Waals surface area (Å²) in [4.78, 5) is 15.7. The van der Waals surface area contributed by atoms with Gasteiger partial charge < -0.3 is 10.2 Å². The summed E-state index contributed by atoms with van der Waals surface area (Å²) in [6, 6.07) is 0.128. The van der Waals surface area contributed by atoms with E-state index in [-0.39, 0.29) is 24.7 Å². The third kappa shape index (κ3) is 4.76. The molecule has 0 radical (unpaired) electrons. The van der Waals surface area contributed by atoms with E-state index < -0.39 is 12.7 Å². The summed E-state index contributed by atoms with van der Waals surface area (Å²) in [7, 11) is 0. The molecule has 2 unspecified atom stereocenters. The Morgan fingerprint density at radius 1 is 1.27 bits per heavy atom. The summed E-state index contributed by atoms with van der Waals surface area (Å²) in [5.41, 5.74) is 0. The van der Waals surface area contributed by atoms with Crippen LogP contribution in [0, 0.1) is 5.92 Å². The average Bonchev–Trinajstić information content (AvgIpc) is 3.10. The number of urea groups is 1. The van der Waals surface area contributed by atoms with E-state index in [0.29, 0.717) is 24.9 Å². The highest BCUT2D eigenvalue weighted by Gasteiger charge is 2.39. The molecule has 0 bridgehead atoms. The second kappa shape index (κ2) is 6.64. The van der Waals surface area contributed by atoms with Crippen LogP contribution in [0.15, 0.2) is 0 Å². The lowest BCUT2D eigenvalue weighted by molar-refractivity contribution is -0.143. The van der Waals surface area contributed by atoms with E-state index in [4.69, 9.17) is 0 Å². The molecule has 1 aliphatic carbocycles. The lowest BCUT2D eigenvalue weighted by atomic mass is 10.0. The largest absolute Gasteiger partial charge is 0.401 e. The van der Waals surface area contributed by atoms with Gasteiger partial charge in [0, 0.05) is 31.2 Å². The first-order valence-electron chi connectivity index (χ1n) is 8.05. The molecule has 1 saturated heterocycles. The van der Waals surface area contributed by atoms with Crippen LogP contribution >= 0.6 is 0 Å². The van der Waals surface area contributed by atoms with Crippen LogP contribution in [0.2, 0.25) is 0 Å². The molecule has 2 atom stereocenters. The third-order valence-electron chi connectivity index (χ3n) is 4.58. The van der Waals surface area contributed by atoms with E-state index in [1.54, 1.807) is 0 Å². The number of nitrogens with one attached hydrogen (secondary N) is 1. The summed E-state index contributed by atoms with van der Waals surface area (Å²) in [5, 5.41) is 2.93. The van der Waals surface area contributed by atoms with Crippen molar-refractivity contribution in [2.75, 3.05) is 19.6 Å². The van der Waals surface area contributed by atoms with Crippen LogP contribution in [0.25, 0.3) is 0 Å². The molecule has 0 aromatic rings. The summed E-state index contributed by atoms with van der Waals surface area (Å²) >= 11 is 0. The Labute approximate surface area is 130 Å². The predicted octanol–water partition coefficient (Wildman–Crippen LogP) is 2.84. The molecule has 1 aliphatic heterocycles. The van der Waals surface area contributed by atoms with E-state index in [0.717, 1.165) is 12.8 Å². The van der Waals surface area contributed by atoms with E-state index in [2.05, 4.69) is 19.2 Å². The van der Waals surface area contributed by atoms with Crippen LogP contribution in [0.3, 0.4) is 0 Å². The summed E-state index contributed by atoms with van der Waals surface area (Å²) in [6.45, 7) is 5.95. The molecule has 7 heteroatoms. The molecular weight excluding hydrogens is 295 g/mol. The first-order chi connectivity index (χ1) is 10.2. The average molecular weight is 321 g/mol. The normalized spacial score (nSPS) is 24.6. The van der Waals surface area contributed by atoms with Crippen molar-refractivity contribution in [3.63, 3.8) is 0 Å². The van der Waals surface area contributed by atoms with E-state index in [1.165, 1.54) is 4.90 Å². The van der Waals surface area contributed by atoms with Gasteiger partial charge >= 0.3 is 12.2 Å². The van der Waals surface area contributed by atoms with Crippen molar-refractivity contribution in [1.29, 1.82) is 0 Å². The van der Waals surface area contributed by atoms with Crippen LogP contribution in [0.5, 0.6) is 0 Å². The Balaban J connectivity index is 1.86. The molecule has 1 heterocycles. The topological polar surface area (TPSA) is 35.6 Å². The van der Waals surface area contributed by atoms with Gasteiger partial charge in [-0.25, -0.2) is 4.79 Å². The molecule has 0 aromatic carbocycles. The van der Waals surface area contributed by atoms with Gasteiger partial charge in [0.15, 0.2) is 0 Å². The molecule has 128 valence electrons. The van der Waals surface area contributed by atoms with Crippen molar-refractivity contribution in [2.24, 2.45) is 5.92 Å². The molecule has 1 saturated carbocycles. The quantitative estimate of drug-likeness (QED) is 0.845. The van der Waals surface area contributed by atoms with Gasteiger partial charge in [0.1, 0.15) is 0 Å². The maximum Gasteiger partial charge on any atom is 0.401 e. The maximum absolute atomic E-state index is 12.5. The number of amides is 2. The van der Waals surface area contributed by atoms with E-state index in [9.17, 15) is 18.0 Å². The summed E-state index contributed by atoms with van der Waals surface area (Å²) < 4.78 is 37.2. The number of nitrogens with zero attached hydrogens (tertiary/aromatic N) is 2. The zero-order valence-electron chi connectivity index (χ0n) is 13.5. The van der Waals surface area contributed by atoms with Crippen LogP contribution in [-0.2, 0) is 0 Å². The number of halogens is 3. The maximum atomic E-state index is 12.5. The van der Waals surface area contributed by atoms with Crippen molar-refractivity contribution < 1.29 is 18.0 Å². The first kappa shape index (κ1) is 17.4. The molecule has 4 nitrogen and oxygen atoms in total. The van der Waals surface area contributed by atoms with Gasteiger partial charge in [0.25, 0.3) is 0 Å². The minimum Gasteiger partial charge on any atom is -0.334 e. The smallest absolute Gasteiger partial charge is 0.334 e. The van der Waals surface area contributed by atoms with Gasteiger partial charge in [-0.3, -0.25) is 4.90 Å². The Kier molecular flexibility index (Phi) is 5.25. The molecule has 0 spiro atoms. The number of hydrogen-bond donors (Lipinski definition) is 1. The van der Waals surface area contributed by atoms with E-state index in [1.807, 2.05) is 11.8 Å². The van der Waals surface area contributed by atoms with Gasteiger partial charge in [-0.15, -0.1) is 0 Å². The van der Waals surface area contributed by atoms with Crippen molar-refractivity contribution in [3.8, 4) is 0 Å². The highest BCUT2D eigenvalue weighted by atomic mass is 19.4. The minimum atomic E-state index is -4.18. The standard InChI is InChI=1S/C15H26F3N3O/c1-10(2)11(3)21(13-4-5-13)14(22)19-12-6-7-20(8-12)9-15(16,17)18/h10-13H,4-9H2,1-3H3,(H,19,22). The van der Waals surface area contributed by atoms with Gasteiger partial charge in [0.05, 0.1) is 6.54 Å². The molecule has 1 N–H and O–H groups in total. The number of hydrogen-bond acceptors (Lipinski definition) is 2. The Morgan fingerprint density at radius 2 is 1.91 bits per heavy atom. The second-order valence-corrected chi connectivity index (χ2v) is 6.91. The molecule has 2 rings (SSSR count). The zero-order valence-corrected chi connectivity index (χ0v) is 13.5. The number of alkyl halides is 3. The van der Waals surface area contributed by atoms with Gasteiger partial charge in [-0.05, 0) is 32.1 Å². The van der Waals surface area contributed by atoms with Gasteiger partial charge in [-0.2, -0.15) is 13.2 Å². The van der Waals surface area contributed by atoms with E-state index >= 15 is 0 Å². The second-order valence-electron chi connectivity index (χ2n) is 6.91. The minimum absolute atomic E-state index is 0.123. The summed E-state index contributed by atoms with van der Waals surface area (Å²) in [5.74, 6) is 0.358. The molecule has 2 fully saturated rings. The first-order valence-corrected chi connectivity index (χ1v) is 8.05. The van der Waals surface area contributed by atoms with Crippen molar-refractivity contribution in [2.45, 2.75) is 64.3 Å². The van der Waals surface area contributed by atoms with Gasteiger partial charge in [0.2, 0.25) is 0 Å². The Morgan fingerprint density at radius 3 is 2.41 bits per heavy atom. The van der Waals surface area contributed by atoms with Gasteiger partial charge in [-0.1, -0.05) is 13.8 Å². The lowest BCUT2D eigenvalue weighted by Crippen LogP contribution is -2.51. The molecule has 22 heavy (non-hydrogen) atoms. The Bertz CT molecular complexity index is 396. The third-order valence-corrected chi connectivity index (χ3v) is 4.58. The Hall–Kier alpha value is -0.980. The van der Waals surface area contributed by atoms with Crippen LogP contribution in [0.1, 0.15) is 40.0 Å². The monoisotopic (exact) mass is 321 g/mol. The zero-order chi connectivity index (χ0) is 16.5. The number of rotatable bonds is 5. The lowest BCUT2D eigenvalue weighted by Gasteiger charge is -2.33. The number of carbonyl (C=O) groups excluding carboxylic acids is 1. The predicted molar refractivity (Wildman–Crippen MR) is 78.6 cm³/mol. The highest BCUT2D eigenvalue weighted by Crippen LogP contribution is 2.31. The molecule has 0 aromatic heterocycles. The fraction of sp³-hybridized carbons (Fsp3) is 0.933. The molecule has 2 aliphatic rings. The van der Waals surface area contributed by atoms with Crippen LogP contribution in [-0.4, -0.2) is 59.8 Å². The van der Waals surface area contributed by atoms with Crippen LogP contribution in [0.4, 0.5) is 18.0 Å². The highest BCUT2D eigenvalue weighted by molar-refractivity contribution is 5.75. The fourth-order valence-corrected chi connectivity index (χ4v) is 2.95. The SMILES string of the molecule is CC(C)C(C)N(C(=O)NC1CCN(CC(F)(F)F)C1)C1CC1. The summed E-state index contributed by atoms with van der Waals surface area (Å²) in [6.07, 6.45) is -1.55. The molecular formula is C15H26F3N3O. The molecule has 2 amide bonds. The number of carbonyl (C=O) groups is 1. The van der Waals surface area contributed by atoms with Crippen molar-refractivity contribution >= 4 is 6.03 Å².